The Balaban J connectivity index is 0.00000200. The van der Waals surface area contributed by atoms with Gasteiger partial charge in [-0.15, -0.1) is 17.0 Å². The monoisotopic (exact) mass is 354 g/mol. The average Bonchev–Trinajstić information content (AvgIpc) is 2.83. The first-order valence-electron chi connectivity index (χ1n) is 6.18. The lowest BCUT2D eigenvalue weighted by atomic mass is 9.91. The quantitative estimate of drug-likeness (QED) is 0.755. The van der Waals surface area contributed by atoms with Crippen LogP contribution in [0, 0.1) is 0 Å². The predicted molar refractivity (Wildman–Crippen MR) is 91.0 cm³/mol. The van der Waals surface area contributed by atoms with Crippen molar-refractivity contribution in [3.05, 3.63) is 40.9 Å². The zero-order valence-corrected chi connectivity index (χ0v) is 14.6. The topological polar surface area (TPSA) is 33.2 Å². The number of thiazole rings is 1. The van der Waals surface area contributed by atoms with Gasteiger partial charge in [0.2, 0.25) is 0 Å². The first-order chi connectivity index (χ1) is 8.93. The Morgan fingerprint density at radius 3 is 2.25 bits per heavy atom. The number of rotatable bonds is 3. The van der Waals surface area contributed by atoms with E-state index in [4.69, 9.17) is 0 Å². The number of halogens is 1. The van der Waals surface area contributed by atoms with Gasteiger partial charge in [-0.25, -0.2) is 4.98 Å². The molecule has 2 rings (SSSR count). The Morgan fingerprint density at radius 1 is 1.20 bits per heavy atom. The van der Waals surface area contributed by atoms with Crippen molar-refractivity contribution >= 4 is 45.4 Å². The number of carbonyl (C=O) groups is 1. The van der Waals surface area contributed by atoms with Gasteiger partial charge in [-0.1, -0.05) is 50.3 Å². The molecule has 0 bridgehead atoms. The molecule has 5 heteroatoms. The molecule has 0 fully saturated rings. The first kappa shape index (κ1) is 16.9. The van der Waals surface area contributed by atoms with Gasteiger partial charge in [0.1, 0.15) is 0 Å². The molecule has 0 radical (unpaired) electrons. The largest absolute Gasteiger partial charge is 0.321 e. The molecule has 0 atom stereocenters. The Labute approximate surface area is 134 Å². The fourth-order valence-electron chi connectivity index (χ4n) is 1.84. The van der Waals surface area contributed by atoms with Crippen LogP contribution >= 0.6 is 28.3 Å². The normalized spacial score (nSPS) is 10.8. The van der Waals surface area contributed by atoms with E-state index in [0.717, 1.165) is 22.8 Å². The standard InChI is InChI=1S/C15H18N2OS.BrH/c1-15(2,3)13-12(10-18)19-14(16-13)17(4)11-8-6-5-7-9-11;/h5-10H,1-4H3;1H. The summed E-state index contributed by atoms with van der Waals surface area (Å²) in [5.74, 6) is 0. The molecule has 0 unspecified atom stereocenters. The Morgan fingerprint density at radius 2 is 1.80 bits per heavy atom. The Kier molecular flexibility index (Phi) is 5.48. The highest BCUT2D eigenvalue weighted by Gasteiger charge is 2.24. The van der Waals surface area contributed by atoms with Gasteiger partial charge in [-0.2, -0.15) is 0 Å². The fourth-order valence-corrected chi connectivity index (χ4v) is 2.92. The lowest BCUT2D eigenvalue weighted by Gasteiger charge is -2.17. The van der Waals surface area contributed by atoms with E-state index in [1.54, 1.807) is 0 Å². The van der Waals surface area contributed by atoms with E-state index < -0.39 is 0 Å². The fraction of sp³-hybridized carbons (Fsp3) is 0.333. The molecule has 108 valence electrons. The van der Waals surface area contributed by atoms with Gasteiger partial charge in [-0.3, -0.25) is 4.79 Å². The van der Waals surface area contributed by atoms with E-state index in [9.17, 15) is 4.79 Å². The third kappa shape index (κ3) is 3.46. The number of aldehydes is 1. The molecule has 0 saturated carbocycles. The summed E-state index contributed by atoms with van der Waals surface area (Å²) in [5.41, 5.74) is 1.81. The third-order valence-electron chi connectivity index (χ3n) is 2.89. The number of hydrogen-bond donors (Lipinski definition) is 0. The minimum Gasteiger partial charge on any atom is -0.321 e. The molecule has 0 N–H and O–H groups in total. The number of nitrogens with zero attached hydrogens (tertiary/aromatic N) is 2. The van der Waals surface area contributed by atoms with E-state index >= 15 is 0 Å². The summed E-state index contributed by atoms with van der Waals surface area (Å²) in [4.78, 5) is 18.6. The highest BCUT2D eigenvalue weighted by Crippen LogP contribution is 2.34. The van der Waals surface area contributed by atoms with Gasteiger partial charge >= 0.3 is 0 Å². The van der Waals surface area contributed by atoms with Gasteiger partial charge in [-0.05, 0) is 12.1 Å². The lowest BCUT2D eigenvalue weighted by molar-refractivity contribution is 0.112. The third-order valence-corrected chi connectivity index (χ3v) is 3.95. The second-order valence-electron chi connectivity index (χ2n) is 5.47. The van der Waals surface area contributed by atoms with Crippen molar-refractivity contribution in [2.45, 2.75) is 26.2 Å². The van der Waals surface area contributed by atoms with E-state index in [-0.39, 0.29) is 22.4 Å². The number of carbonyl (C=O) groups excluding carboxylic acids is 1. The second-order valence-corrected chi connectivity index (χ2v) is 6.48. The van der Waals surface area contributed by atoms with Crippen LogP contribution in [0.3, 0.4) is 0 Å². The molecule has 1 aromatic carbocycles. The zero-order chi connectivity index (χ0) is 14.0. The number of aromatic nitrogens is 1. The zero-order valence-electron chi connectivity index (χ0n) is 12.1. The molecule has 0 saturated heterocycles. The lowest BCUT2D eigenvalue weighted by Crippen LogP contribution is -2.15. The van der Waals surface area contributed by atoms with Crippen molar-refractivity contribution in [1.29, 1.82) is 0 Å². The highest BCUT2D eigenvalue weighted by atomic mass is 79.9. The summed E-state index contributed by atoms with van der Waals surface area (Å²) in [6.45, 7) is 6.21. The SMILES string of the molecule is Br.CN(c1ccccc1)c1nc(C(C)(C)C)c(C=O)s1. The van der Waals surface area contributed by atoms with Crippen molar-refractivity contribution in [3.63, 3.8) is 0 Å². The molecule has 3 nitrogen and oxygen atoms in total. The van der Waals surface area contributed by atoms with Gasteiger partial charge < -0.3 is 4.90 Å². The summed E-state index contributed by atoms with van der Waals surface area (Å²) in [5, 5.41) is 0.846. The van der Waals surface area contributed by atoms with E-state index in [1.807, 2.05) is 42.3 Å². The smallest absolute Gasteiger partial charge is 0.190 e. The molecule has 0 aliphatic carbocycles. The minimum absolute atomic E-state index is 0. The second kappa shape index (κ2) is 6.50. The maximum atomic E-state index is 11.2. The van der Waals surface area contributed by atoms with Crippen molar-refractivity contribution in [3.8, 4) is 0 Å². The summed E-state index contributed by atoms with van der Waals surface area (Å²) >= 11 is 1.44. The van der Waals surface area contributed by atoms with Crippen LogP contribution in [0.25, 0.3) is 0 Å². The van der Waals surface area contributed by atoms with Gasteiger partial charge in [0.15, 0.2) is 11.4 Å². The molecule has 2 aromatic rings. The van der Waals surface area contributed by atoms with Crippen molar-refractivity contribution in [1.82, 2.24) is 4.98 Å². The van der Waals surface area contributed by atoms with E-state index in [0.29, 0.717) is 4.88 Å². The van der Waals surface area contributed by atoms with Gasteiger partial charge in [0.05, 0.1) is 10.6 Å². The Hall–Kier alpha value is -1.20. The van der Waals surface area contributed by atoms with Crippen LogP contribution in [0.4, 0.5) is 10.8 Å². The number of hydrogen-bond acceptors (Lipinski definition) is 4. The molecule has 0 aliphatic heterocycles. The molecule has 0 aliphatic rings. The molecule has 20 heavy (non-hydrogen) atoms. The number of para-hydroxylation sites is 1. The molecule has 1 heterocycles. The molecule has 0 spiro atoms. The van der Waals surface area contributed by atoms with Gasteiger partial charge in [0.25, 0.3) is 0 Å². The summed E-state index contributed by atoms with van der Waals surface area (Å²) < 4.78 is 0. The predicted octanol–water partition coefficient (Wildman–Crippen LogP) is 4.60. The minimum atomic E-state index is -0.122. The van der Waals surface area contributed by atoms with Crippen LogP contribution in [0.15, 0.2) is 30.3 Å². The maximum absolute atomic E-state index is 11.2. The van der Waals surface area contributed by atoms with Crippen molar-refractivity contribution < 1.29 is 4.79 Å². The summed E-state index contributed by atoms with van der Waals surface area (Å²) in [6.07, 6.45) is 0.903. The van der Waals surface area contributed by atoms with Crippen molar-refractivity contribution in [2.75, 3.05) is 11.9 Å². The number of anilines is 2. The molecular weight excluding hydrogens is 336 g/mol. The number of benzene rings is 1. The van der Waals surface area contributed by atoms with Crippen LogP contribution in [0.1, 0.15) is 36.1 Å². The summed E-state index contributed by atoms with van der Waals surface area (Å²) in [6, 6.07) is 10.0. The van der Waals surface area contributed by atoms with Crippen molar-refractivity contribution in [2.24, 2.45) is 0 Å². The molecular formula is C15H19BrN2OS. The highest BCUT2D eigenvalue weighted by molar-refractivity contribution is 8.93. The Bertz CT molecular complexity index is 575. The van der Waals surface area contributed by atoms with Crippen LogP contribution in [-0.2, 0) is 5.41 Å². The molecule has 0 amide bonds. The van der Waals surface area contributed by atoms with Crippen LogP contribution in [0.5, 0.6) is 0 Å². The van der Waals surface area contributed by atoms with Crippen LogP contribution in [0.2, 0.25) is 0 Å². The van der Waals surface area contributed by atoms with Crippen LogP contribution < -0.4 is 4.90 Å². The van der Waals surface area contributed by atoms with E-state index in [2.05, 4.69) is 25.8 Å². The summed E-state index contributed by atoms with van der Waals surface area (Å²) in [7, 11) is 1.97. The average molecular weight is 355 g/mol. The van der Waals surface area contributed by atoms with Crippen LogP contribution in [-0.4, -0.2) is 18.3 Å². The van der Waals surface area contributed by atoms with E-state index in [1.165, 1.54) is 11.3 Å². The maximum Gasteiger partial charge on any atom is 0.190 e. The van der Waals surface area contributed by atoms with Gasteiger partial charge in [0, 0.05) is 18.2 Å². The first-order valence-corrected chi connectivity index (χ1v) is 7.00. The molecule has 1 aromatic heterocycles.